The Hall–Kier alpha value is -3.31. The van der Waals surface area contributed by atoms with Gasteiger partial charge in [0.15, 0.2) is 12.4 Å². The van der Waals surface area contributed by atoms with Crippen LogP contribution in [0.4, 0.5) is 0 Å². The highest BCUT2D eigenvalue weighted by Crippen LogP contribution is 2.55. The van der Waals surface area contributed by atoms with Crippen LogP contribution in [0.1, 0.15) is 38.3 Å². The van der Waals surface area contributed by atoms with Crippen LogP contribution in [0.25, 0.3) is 0 Å². The molecule has 0 spiro atoms. The summed E-state index contributed by atoms with van der Waals surface area (Å²) in [4.78, 5) is 37.0. The van der Waals surface area contributed by atoms with E-state index in [0.717, 1.165) is 11.1 Å². The molecule has 10 nitrogen and oxygen atoms in total. The smallest absolute Gasteiger partial charge is 0.305 e. The van der Waals surface area contributed by atoms with E-state index < -0.39 is 54.0 Å². The monoisotopic (exact) mass is 525 g/mol. The van der Waals surface area contributed by atoms with Crippen LogP contribution in [-0.4, -0.2) is 59.9 Å². The van der Waals surface area contributed by atoms with Crippen LogP contribution in [0.5, 0.6) is 0 Å². The van der Waals surface area contributed by atoms with Crippen LogP contribution in [0.15, 0.2) is 60.7 Å². The Bertz CT molecular complexity index is 1180. The van der Waals surface area contributed by atoms with Crippen LogP contribution < -0.4 is 5.32 Å². The first-order valence-electron chi connectivity index (χ1n) is 12.5. The number of carbonyl (C=O) groups excluding carboxylic acids is 3. The molecule has 38 heavy (non-hydrogen) atoms. The molecule has 4 aliphatic rings. The molecule has 3 aliphatic heterocycles. The Morgan fingerprint density at radius 2 is 1.42 bits per heavy atom. The maximum absolute atomic E-state index is 12.7. The second kappa shape index (κ2) is 10.5. The Morgan fingerprint density at radius 1 is 0.842 bits per heavy atom. The second-order valence-corrected chi connectivity index (χ2v) is 9.86. The molecule has 202 valence electrons. The van der Waals surface area contributed by atoms with Crippen LogP contribution in [-0.2, 0) is 56.0 Å². The maximum Gasteiger partial charge on any atom is 0.305 e. The molecule has 1 aliphatic carbocycles. The molecule has 1 amide bonds. The average Bonchev–Trinajstić information content (AvgIpc) is 2.85. The fourth-order valence-electron chi connectivity index (χ4n) is 5.78. The minimum absolute atomic E-state index is 0.0770. The Kier molecular flexibility index (Phi) is 7.23. The SMILES string of the molecule is CC(=O)N[C@]12C[C@@]3(OC(C)=O)O[C@H](O[C@H]([C@H]3OC(C)=O)[C@H]1OCc1ccccc1)[C@H]2OCc1ccccc1. The molecule has 10 heteroatoms. The Labute approximate surface area is 220 Å². The van der Waals surface area contributed by atoms with Gasteiger partial charge in [0, 0.05) is 27.2 Å². The summed E-state index contributed by atoms with van der Waals surface area (Å²) in [7, 11) is 0. The quantitative estimate of drug-likeness (QED) is 0.492. The molecule has 2 aromatic rings. The van der Waals surface area contributed by atoms with E-state index in [9.17, 15) is 14.4 Å². The third-order valence-electron chi connectivity index (χ3n) is 7.00. The lowest BCUT2D eigenvalue weighted by atomic mass is 9.65. The predicted octanol–water partition coefficient (Wildman–Crippen LogP) is 2.38. The number of nitrogens with one attached hydrogen (secondary N) is 1. The van der Waals surface area contributed by atoms with Gasteiger partial charge >= 0.3 is 11.9 Å². The van der Waals surface area contributed by atoms with Gasteiger partial charge in [-0.1, -0.05) is 60.7 Å². The molecule has 4 fully saturated rings. The number of hydrogen-bond donors (Lipinski definition) is 1. The molecule has 6 rings (SSSR count). The molecule has 3 saturated heterocycles. The van der Waals surface area contributed by atoms with Crippen molar-refractivity contribution in [2.75, 3.05) is 0 Å². The van der Waals surface area contributed by atoms with E-state index in [2.05, 4.69) is 5.32 Å². The molecular weight excluding hydrogens is 494 g/mol. The van der Waals surface area contributed by atoms with Crippen molar-refractivity contribution in [1.29, 1.82) is 0 Å². The highest BCUT2D eigenvalue weighted by molar-refractivity contribution is 5.74. The summed E-state index contributed by atoms with van der Waals surface area (Å²) in [5.41, 5.74) is 0.581. The molecule has 0 radical (unpaired) electrons. The van der Waals surface area contributed by atoms with Gasteiger partial charge in [0.25, 0.3) is 5.79 Å². The van der Waals surface area contributed by atoms with Crippen molar-refractivity contribution in [3.63, 3.8) is 0 Å². The highest BCUT2D eigenvalue weighted by Gasteiger charge is 2.77. The van der Waals surface area contributed by atoms with Gasteiger partial charge in [-0.2, -0.15) is 0 Å². The van der Waals surface area contributed by atoms with E-state index in [-0.39, 0.29) is 25.5 Å². The van der Waals surface area contributed by atoms with Gasteiger partial charge in [-0.3, -0.25) is 14.4 Å². The predicted molar refractivity (Wildman–Crippen MR) is 131 cm³/mol. The summed E-state index contributed by atoms with van der Waals surface area (Å²) in [5, 5.41) is 3.05. The fraction of sp³-hybridized carbons (Fsp3) is 0.464. The lowest BCUT2D eigenvalue weighted by Crippen LogP contribution is -2.88. The number of esters is 2. The number of carbonyl (C=O) groups is 3. The van der Waals surface area contributed by atoms with Crippen molar-refractivity contribution >= 4 is 17.8 Å². The third kappa shape index (κ3) is 4.92. The number of amides is 1. The molecule has 1 saturated carbocycles. The number of benzene rings is 2. The Balaban J connectivity index is 1.55. The van der Waals surface area contributed by atoms with Crippen LogP contribution in [0.3, 0.4) is 0 Å². The summed E-state index contributed by atoms with van der Waals surface area (Å²) < 4.78 is 36.6. The summed E-state index contributed by atoms with van der Waals surface area (Å²) in [6, 6.07) is 19.1. The zero-order chi connectivity index (χ0) is 26.9. The molecule has 1 N–H and O–H groups in total. The first kappa shape index (κ1) is 26.3. The zero-order valence-corrected chi connectivity index (χ0v) is 21.5. The van der Waals surface area contributed by atoms with Crippen LogP contribution >= 0.6 is 0 Å². The van der Waals surface area contributed by atoms with Crippen molar-refractivity contribution in [2.45, 2.75) is 82.4 Å². The molecule has 0 aromatic heterocycles. The van der Waals surface area contributed by atoms with Gasteiger partial charge in [0.05, 0.1) is 13.2 Å². The van der Waals surface area contributed by atoms with E-state index in [1.807, 2.05) is 60.7 Å². The largest absolute Gasteiger partial charge is 0.453 e. The molecule has 0 unspecified atom stereocenters. The van der Waals surface area contributed by atoms with Gasteiger partial charge in [0.2, 0.25) is 5.91 Å². The van der Waals surface area contributed by atoms with E-state index in [0.29, 0.717) is 0 Å². The minimum atomic E-state index is -1.70. The summed E-state index contributed by atoms with van der Waals surface area (Å²) in [6.45, 7) is 4.29. The molecular formula is C28H31NO9. The van der Waals surface area contributed by atoms with Crippen molar-refractivity contribution in [2.24, 2.45) is 0 Å². The summed E-state index contributed by atoms with van der Waals surface area (Å²) >= 11 is 0. The van der Waals surface area contributed by atoms with Crippen LogP contribution in [0.2, 0.25) is 0 Å². The maximum atomic E-state index is 12.7. The van der Waals surface area contributed by atoms with E-state index in [4.69, 9.17) is 28.4 Å². The molecule has 7 atom stereocenters. The van der Waals surface area contributed by atoms with Gasteiger partial charge in [0.1, 0.15) is 23.9 Å². The normalized spacial score (nSPS) is 33.0. The first-order valence-corrected chi connectivity index (χ1v) is 12.5. The van der Waals surface area contributed by atoms with E-state index >= 15 is 0 Å². The third-order valence-corrected chi connectivity index (χ3v) is 7.00. The number of rotatable bonds is 9. The lowest BCUT2D eigenvalue weighted by Gasteiger charge is -2.67. The van der Waals surface area contributed by atoms with Gasteiger partial charge < -0.3 is 33.7 Å². The standard InChI is InChI=1S/C28H31NO9/c1-17(30)29-27-16-28(37-19(3)32)24(35-18(2)31)22(23(27)33-14-20-10-6-4-7-11-20)36-26(38-28)25(27)34-15-21-12-8-5-9-13-21/h4-13,22-26H,14-16H2,1-3H3,(H,29,30)/t22-,23+,24+,25+,26-,27+,28+/m0/s1. The molecule has 3 heterocycles. The zero-order valence-electron chi connectivity index (χ0n) is 21.5. The summed E-state index contributed by atoms with van der Waals surface area (Å²) in [6.07, 6.45) is -4.82. The fourth-order valence-corrected chi connectivity index (χ4v) is 5.78. The minimum Gasteiger partial charge on any atom is -0.453 e. The molecule has 2 aromatic carbocycles. The lowest BCUT2D eigenvalue weighted by molar-refractivity contribution is -0.479. The summed E-state index contributed by atoms with van der Waals surface area (Å²) in [5.74, 6) is -3.28. The van der Waals surface area contributed by atoms with Crippen molar-refractivity contribution in [3.05, 3.63) is 71.8 Å². The van der Waals surface area contributed by atoms with Crippen molar-refractivity contribution < 1.29 is 42.8 Å². The average molecular weight is 526 g/mol. The van der Waals surface area contributed by atoms with Gasteiger partial charge in [-0.15, -0.1) is 0 Å². The first-order chi connectivity index (χ1) is 18.2. The van der Waals surface area contributed by atoms with Crippen molar-refractivity contribution in [3.8, 4) is 0 Å². The van der Waals surface area contributed by atoms with Crippen LogP contribution in [0, 0.1) is 0 Å². The number of hydrogen-bond acceptors (Lipinski definition) is 9. The Morgan fingerprint density at radius 3 is 1.95 bits per heavy atom. The van der Waals surface area contributed by atoms with Crippen molar-refractivity contribution in [1.82, 2.24) is 5.32 Å². The number of ether oxygens (including phenoxy) is 6. The second-order valence-electron chi connectivity index (χ2n) is 9.86. The van der Waals surface area contributed by atoms with E-state index in [1.54, 1.807) is 0 Å². The van der Waals surface area contributed by atoms with E-state index in [1.165, 1.54) is 20.8 Å². The van der Waals surface area contributed by atoms with Gasteiger partial charge in [-0.25, -0.2) is 0 Å². The molecule has 4 bridgehead atoms. The topological polar surface area (TPSA) is 119 Å². The highest BCUT2D eigenvalue weighted by atomic mass is 16.8. The van der Waals surface area contributed by atoms with Gasteiger partial charge in [-0.05, 0) is 11.1 Å².